The van der Waals surface area contributed by atoms with E-state index in [0.717, 1.165) is 36.2 Å². The SMILES string of the molecule is CC(C)(O)C1CCCN1c1ncnc2[nH]ccc12. The molecular formula is C13H18N4O. The van der Waals surface area contributed by atoms with Gasteiger partial charge in [0.1, 0.15) is 17.8 Å². The van der Waals surface area contributed by atoms with Crippen LogP contribution in [0.5, 0.6) is 0 Å². The summed E-state index contributed by atoms with van der Waals surface area (Å²) in [6.45, 7) is 4.67. The van der Waals surface area contributed by atoms with Gasteiger partial charge in [-0.2, -0.15) is 0 Å². The van der Waals surface area contributed by atoms with Gasteiger partial charge in [0.15, 0.2) is 0 Å². The van der Waals surface area contributed by atoms with Gasteiger partial charge in [0.2, 0.25) is 0 Å². The summed E-state index contributed by atoms with van der Waals surface area (Å²) >= 11 is 0. The quantitative estimate of drug-likeness (QED) is 0.846. The first kappa shape index (κ1) is 11.5. The van der Waals surface area contributed by atoms with E-state index in [-0.39, 0.29) is 6.04 Å². The van der Waals surface area contributed by atoms with E-state index in [1.807, 2.05) is 26.1 Å². The van der Waals surface area contributed by atoms with Gasteiger partial charge in [-0.1, -0.05) is 0 Å². The van der Waals surface area contributed by atoms with Crippen molar-refractivity contribution < 1.29 is 5.11 Å². The highest BCUT2D eigenvalue weighted by molar-refractivity contribution is 5.87. The standard InChI is InChI=1S/C13H18N4O/c1-13(2,18)10-4-3-7-17(10)12-9-5-6-14-11(9)15-8-16-12/h5-6,8,10,18H,3-4,7H2,1-2H3,(H,14,15,16). The van der Waals surface area contributed by atoms with Crippen LogP contribution >= 0.6 is 0 Å². The predicted molar refractivity (Wildman–Crippen MR) is 70.6 cm³/mol. The lowest BCUT2D eigenvalue weighted by Crippen LogP contribution is -2.46. The average Bonchev–Trinajstić information content (AvgIpc) is 2.96. The Bertz CT molecular complexity index is 557. The molecule has 0 amide bonds. The Kier molecular flexibility index (Phi) is 2.52. The molecule has 1 aliphatic rings. The lowest BCUT2D eigenvalue weighted by molar-refractivity contribution is 0.0533. The fourth-order valence-electron chi connectivity index (χ4n) is 2.84. The molecule has 96 valence electrons. The Morgan fingerprint density at radius 2 is 2.28 bits per heavy atom. The molecule has 0 bridgehead atoms. The first-order chi connectivity index (χ1) is 8.57. The molecule has 0 spiro atoms. The summed E-state index contributed by atoms with van der Waals surface area (Å²) in [5.41, 5.74) is 0.130. The molecule has 18 heavy (non-hydrogen) atoms. The summed E-state index contributed by atoms with van der Waals surface area (Å²) in [5, 5.41) is 11.3. The number of nitrogens with one attached hydrogen (secondary N) is 1. The molecular weight excluding hydrogens is 228 g/mol. The van der Waals surface area contributed by atoms with Crippen molar-refractivity contribution in [3.8, 4) is 0 Å². The van der Waals surface area contributed by atoms with Crippen LogP contribution in [0.4, 0.5) is 5.82 Å². The van der Waals surface area contributed by atoms with Crippen LogP contribution in [0.15, 0.2) is 18.6 Å². The molecule has 1 aliphatic heterocycles. The fourth-order valence-corrected chi connectivity index (χ4v) is 2.84. The molecule has 2 N–H and O–H groups in total. The third kappa shape index (κ3) is 1.75. The molecule has 2 aromatic heterocycles. The highest BCUT2D eigenvalue weighted by Gasteiger charge is 2.37. The van der Waals surface area contributed by atoms with Crippen molar-refractivity contribution in [2.45, 2.75) is 38.3 Å². The predicted octanol–water partition coefficient (Wildman–Crippen LogP) is 1.70. The van der Waals surface area contributed by atoms with Crippen molar-refractivity contribution in [1.82, 2.24) is 15.0 Å². The molecule has 0 radical (unpaired) electrons. The topological polar surface area (TPSA) is 65.0 Å². The number of nitrogens with zero attached hydrogens (tertiary/aromatic N) is 3. The number of hydrogen-bond donors (Lipinski definition) is 2. The number of hydrogen-bond acceptors (Lipinski definition) is 4. The van der Waals surface area contributed by atoms with Crippen molar-refractivity contribution >= 4 is 16.9 Å². The maximum atomic E-state index is 10.3. The Labute approximate surface area is 106 Å². The van der Waals surface area contributed by atoms with Gasteiger partial charge < -0.3 is 15.0 Å². The van der Waals surface area contributed by atoms with E-state index in [4.69, 9.17) is 0 Å². The van der Waals surface area contributed by atoms with Gasteiger partial charge in [-0.3, -0.25) is 0 Å². The van der Waals surface area contributed by atoms with E-state index >= 15 is 0 Å². The first-order valence-electron chi connectivity index (χ1n) is 6.34. The van der Waals surface area contributed by atoms with Gasteiger partial charge in [-0.05, 0) is 32.8 Å². The van der Waals surface area contributed by atoms with Gasteiger partial charge in [0.25, 0.3) is 0 Å². The van der Waals surface area contributed by atoms with Crippen LogP contribution in [-0.2, 0) is 0 Å². The summed E-state index contributed by atoms with van der Waals surface area (Å²) in [6.07, 6.45) is 5.54. The van der Waals surface area contributed by atoms with Crippen LogP contribution in [0.2, 0.25) is 0 Å². The normalized spacial score (nSPS) is 20.8. The molecule has 1 unspecified atom stereocenters. The molecule has 3 rings (SSSR count). The molecule has 5 nitrogen and oxygen atoms in total. The fraction of sp³-hybridized carbons (Fsp3) is 0.538. The Morgan fingerprint density at radius 3 is 3.06 bits per heavy atom. The van der Waals surface area contributed by atoms with Crippen LogP contribution in [-0.4, -0.2) is 38.2 Å². The molecule has 0 aromatic carbocycles. The van der Waals surface area contributed by atoms with E-state index in [2.05, 4.69) is 19.9 Å². The van der Waals surface area contributed by atoms with Gasteiger partial charge in [-0.15, -0.1) is 0 Å². The van der Waals surface area contributed by atoms with Crippen molar-refractivity contribution in [2.24, 2.45) is 0 Å². The van der Waals surface area contributed by atoms with Crippen molar-refractivity contribution in [3.63, 3.8) is 0 Å². The first-order valence-corrected chi connectivity index (χ1v) is 6.34. The molecule has 1 saturated heterocycles. The summed E-state index contributed by atoms with van der Waals surface area (Å²) in [7, 11) is 0. The lowest BCUT2D eigenvalue weighted by atomic mass is 9.96. The number of aliphatic hydroxyl groups is 1. The highest BCUT2D eigenvalue weighted by atomic mass is 16.3. The van der Waals surface area contributed by atoms with Gasteiger partial charge in [0, 0.05) is 12.7 Å². The minimum absolute atomic E-state index is 0.116. The van der Waals surface area contributed by atoms with Gasteiger partial charge in [0.05, 0.1) is 17.0 Å². The second-order valence-corrected chi connectivity index (χ2v) is 5.44. The van der Waals surface area contributed by atoms with Gasteiger partial charge >= 0.3 is 0 Å². The largest absolute Gasteiger partial charge is 0.388 e. The average molecular weight is 246 g/mol. The molecule has 5 heteroatoms. The van der Waals surface area contributed by atoms with E-state index in [0.29, 0.717) is 0 Å². The maximum absolute atomic E-state index is 10.3. The number of aromatic amines is 1. The van der Waals surface area contributed by atoms with Crippen molar-refractivity contribution in [2.75, 3.05) is 11.4 Å². The highest BCUT2D eigenvalue weighted by Crippen LogP contribution is 2.33. The number of rotatable bonds is 2. The van der Waals surface area contributed by atoms with E-state index in [1.165, 1.54) is 0 Å². The monoisotopic (exact) mass is 246 g/mol. The zero-order chi connectivity index (χ0) is 12.8. The van der Waals surface area contributed by atoms with Crippen LogP contribution in [0.1, 0.15) is 26.7 Å². The number of H-pyrrole nitrogens is 1. The minimum Gasteiger partial charge on any atom is -0.388 e. The summed E-state index contributed by atoms with van der Waals surface area (Å²) in [6, 6.07) is 2.11. The number of aromatic nitrogens is 3. The van der Waals surface area contributed by atoms with E-state index in [9.17, 15) is 5.11 Å². The molecule has 1 atom stereocenters. The molecule has 1 fully saturated rings. The maximum Gasteiger partial charge on any atom is 0.142 e. The van der Waals surface area contributed by atoms with E-state index < -0.39 is 5.60 Å². The smallest absolute Gasteiger partial charge is 0.142 e. The van der Waals surface area contributed by atoms with Crippen LogP contribution in [0, 0.1) is 0 Å². The summed E-state index contributed by atoms with van der Waals surface area (Å²) in [4.78, 5) is 13.9. The van der Waals surface area contributed by atoms with Crippen LogP contribution < -0.4 is 4.90 Å². The number of anilines is 1. The molecule has 0 saturated carbocycles. The van der Waals surface area contributed by atoms with Crippen LogP contribution in [0.3, 0.4) is 0 Å². The van der Waals surface area contributed by atoms with Crippen molar-refractivity contribution in [1.29, 1.82) is 0 Å². The third-order valence-electron chi connectivity index (χ3n) is 3.67. The second-order valence-electron chi connectivity index (χ2n) is 5.44. The number of fused-ring (bicyclic) bond motifs is 1. The molecule has 2 aromatic rings. The Balaban J connectivity index is 2.06. The Hall–Kier alpha value is -1.62. The Morgan fingerprint density at radius 1 is 1.44 bits per heavy atom. The summed E-state index contributed by atoms with van der Waals surface area (Å²) < 4.78 is 0. The zero-order valence-electron chi connectivity index (χ0n) is 10.7. The second kappa shape index (κ2) is 3.95. The lowest BCUT2D eigenvalue weighted by Gasteiger charge is -2.34. The molecule has 0 aliphatic carbocycles. The van der Waals surface area contributed by atoms with Crippen molar-refractivity contribution in [3.05, 3.63) is 18.6 Å². The minimum atomic E-state index is -0.718. The van der Waals surface area contributed by atoms with Gasteiger partial charge in [-0.25, -0.2) is 9.97 Å². The third-order valence-corrected chi connectivity index (χ3v) is 3.67. The van der Waals surface area contributed by atoms with E-state index in [1.54, 1.807) is 6.33 Å². The zero-order valence-corrected chi connectivity index (χ0v) is 10.7. The molecule has 3 heterocycles. The van der Waals surface area contributed by atoms with Crippen LogP contribution in [0.25, 0.3) is 11.0 Å². The summed E-state index contributed by atoms with van der Waals surface area (Å²) in [5.74, 6) is 0.922.